The maximum atomic E-state index is 11.5. The molecule has 6 nitrogen and oxygen atoms in total. The number of nitrogens with zero attached hydrogens (tertiary/aromatic N) is 1. The lowest BCUT2D eigenvalue weighted by atomic mass is 10.2. The van der Waals surface area contributed by atoms with Crippen LogP contribution in [0, 0.1) is 0 Å². The quantitative estimate of drug-likeness (QED) is 0.598. The van der Waals surface area contributed by atoms with Crippen molar-refractivity contribution in [3.63, 3.8) is 0 Å². The fourth-order valence-corrected chi connectivity index (χ4v) is 0.973. The molecule has 0 radical (unpaired) electrons. The van der Waals surface area contributed by atoms with E-state index in [2.05, 4.69) is 10.2 Å². The third-order valence-corrected chi connectivity index (χ3v) is 1.78. The van der Waals surface area contributed by atoms with Crippen LogP contribution in [-0.2, 0) is 14.3 Å². The molecule has 0 saturated carbocycles. The number of carbonyl (C=O) groups is 2. The minimum Gasteiger partial charge on any atom is -0.468 e. The fourth-order valence-electron chi connectivity index (χ4n) is 0.973. The number of ether oxygens (including phenoxy) is 2. The maximum absolute atomic E-state index is 11.5. The average molecular weight is 246 g/mol. The van der Waals surface area contributed by atoms with Crippen LogP contribution in [0.25, 0.3) is 0 Å². The molecule has 0 unspecified atom stereocenters. The predicted molar refractivity (Wildman–Crippen MR) is 63.2 cm³/mol. The van der Waals surface area contributed by atoms with Gasteiger partial charge < -0.3 is 9.47 Å². The number of methoxy groups -OCH3 is 1. The van der Waals surface area contributed by atoms with Gasteiger partial charge in [0.25, 0.3) is 0 Å². The molecular weight excluding hydrogens is 224 g/mol. The fraction of sp³-hybridized carbons (Fsp3) is 0.818. The molecule has 0 heterocycles. The summed E-state index contributed by atoms with van der Waals surface area (Å²) in [7, 11) is 1.30. The zero-order valence-corrected chi connectivity index (χ0v) is 11.4. The summed E-state index contributed by atoms with van der Waals surface area (Å²) in [6.45, 7) is 8.99. The molecule has 1 N–H and O–H groups in total. The average Bonchev–Trinajstić information content (AvgIpc) is 2.13. The van der Waals surface area contributed by atoms with Gasteiger partial charge in [0.2, 0.25) is 0 Å². The molecular formula is C11H22N2O4. The van der Waals surface area contributed by atoms with E-state index in [1.54, 1.807) is 20.8 Å². The van der Waals surface area contributed by atoms with Gasteiger partial charge in [-0.1, -0.05) is 0 Å². The first-order valence-electron chi connectivity index (χ1n) is 5.49. The highest BCUT2D eigenvalue weighted by Crippen LogP contribution is 2.07. The van der Waals surface area contributed by atoms with Gasteiger partial charge in [0.1, 0.15) is 12.1 Å². The smallest absolute Gasteiger partial charge is 0.422 e. The zero-order valence-electron chi connectivity index (χ0n) is 11.4. The van der Waals surface area contributed by atoms with Crippen LogP contribution in [0.5, 0.6) is 0 Å². The molecule has 0 aliphatic carbocycles. The van der Waals surface area contributed by atoms with Crippen molar-refractivity contribution >= 4 is 12.1 Å². The van der Waals surface area contributed by atoms with E-state index >= 15 is 0 Å². The number of nitrogens with one attached hydrogen (secondary N) is 1. The Bertz CT molecular complexity index is 271. The second kappa shape index (κ2) is 6.44. The van der Waals surface area contributed by atoms with Crippen molar-refractivity contribution in [3.05, 3.63) is 0 Å². The van der Waals surface area contributed by atoms with Gasteiger partial charge >= 0.3 is 12.1 Å². The third-order valence-electron chi connectivity index (χ3n) is 1.78. The Morgan fingerprint density at radius 3 is 2.18 bits per heavy atom. The highest BCUT2D eigenvalue weighted by atomic mass is 16.6. The van der Waals surface area contributed by atoms with Crippen molar-refractivity contribution in [1.82, 2.24) is 10.4 Å². The molecule has 0 saturated heterocycles. The molecule has 0 rings (SSSR count). The molecule has 6 heteroatoms. The van der Waals surface area contributed by atoms with Crippen LogP contribution in [0.2, 0.25) is 0 Å². The van der Waals surface area contributed by atoms with E-state index < -0.39 is 17.7 Å². The summed E-state index contributed by atoms with van der Waals surface area (Å²) in [5.74, 6) is -0.422. The van der Waals surface area contributed by atoms with E-state index in [-0.39, 0.29) is 12.6 Å². The van der Waals surface area contributed by atoms with E-state index in [9.17, 15) is 9.59 Å². The number of hydrogen-bond acceptors (Lipinski definition) is 5. The lowest BCUT2D eigenvalue weighted by molar-refractivity contribution is -0.143. The van der Waals surface area contributed by atoms with Crippen LogP contribution in [-0.4, -0.2) is 42.4 Å². The highest BCUT2D eigenvalue weighted by Gasteiger charge is 2.21. The van der Waals surface area contributed by atoms with Crippen molar-refractivity contribution in [2.75, 3.05) is 13.7 Å². The van der Waals surface area contributed by atoms with Crippen LogP contribution >= 0.6 is 0 Å². The van der Waals surface area contributed by atoms with Gasteiger partial charge in [0.15, 0.2) is 0 Å². The molecule has 0 atom stereocenters. The van der Waals surface area contributed by atoms with E-state index in [4.69, 9.17) is 4.74 Å². The third kappa shape index (κ3) is 7.57. The van der Waals surface area contributed by atoms with Crippen LogP contribution in [0.4, 0.5) is 4.79 Å². The SMILES string of the molecule is COC(=O)CN(NC(=O)OC(C)(C)C)C(C)C. The van der Waals surface area contributed by atoms with Crippen molar-refractivity contribution in [1.29, 1.82) is 0 Å². The number of carbonyl (C=O) groups excluding carboxylic acids is 2. The van der Waals surface area contributed by atoms with Gasteiger partial charge in [0, 0.05) is 6.04 Å². The Morgan fingerprint density at radius 2 is 1.82 bits per heavy atom. The molecule has 0 aliphatic heterocycles. The first kappa shape index (κ1) is 15.7. The second-order valence-corrected chi connectivity index (χ2v) is 4.91. The number of hydrazine groups is 1. The minimum absolute atomic E-state index is 0.0204. The molecule has 17 heavy (non-hydrogen) atoms. The highest BCUT2D eigenvalue weighted by molar-refractivity contribution is 5.72. The molecule has 1 amide bonds. The Balaban J connectivity index is 4.35. The monoisotopic (exact) mass is 246 g/mol. The summed E-state index contributed by atoms with van der Waals surface area (Å²) >= 11 is 0. The first-order chi connectivity index (χ1) is 7.65. The largest absolute Gasteiger partial charge is 0.468 e. The van der Waals surface area contributed by atoms with E-state index in [1.807, 2.05) is 13.8 Å². The summed E-state index contributed by atoms with van der Waals surface area (Å²) in [5.41, 5.74) is 1.94. The second-order valence-electron chi connectivity index (χ2n) is 4.91. The van der Waals surface area contributed by atoms with Crippen molar-refractivity contribution in [2.24, 2.45) is 0 Å². The lowest BCUT2D eigenvalue weighted by Crippen LogP contribution is -2.50. The van der Waals surface area contributed by atoms with Crippen LogP contribution in [0.15, 0.2) is 0 Å². The van der Waals surface area contributed by atoms with Gasteiger partial charge in [-0.25, -0.2) is 9.80 Å². The van der Waals surface area contributed by atoms with Gasteiger partial charge in [-0.15, -0.1) is 0 Å². The van der Waals surface area contributed by atoms with E-state index in [0.29, 0.717) is 0 Å². The molecule has 0 aliphatic rings. The molecule has 0 fully saturated rings. The van der Waals surface area contributed by atoms with Gasteiger partial charge in [-0.05, 0) is 34.6 Å². The lowest BCUT2D eigenvalue weighted by Gasteiger charge is -2.27. The molecule has 0 aromatic carbocycles. The molecule has 0 aromatic rings. The van der Waals surface area contributed by atoms with Gasteiger partial charge in [-0.2, -0.15) is 0 Å². The predicted octanol–water partition coefficient (Wildman–Crippen LogP) is 1.31. The molecule has 0 bridgehead atoms. The van der Waals surface area contributed by atoms with Crippen LogP contribution < -0.4 is 5.43 Å². The topological polar surface area (TPSA) is 67.9 Å². The number of hydrogen-bond donors (Lipinski definition) is 1. The number of amides is 1. The Kier molecular flexibility index (Phi) is 5.95. The normalized spacial score (nSPS) is 11.5. The zero-order chi connectivity index (χ0) is 13.6. The van der Waals surface area contributed by atoms with Crippen molar-refractivity contribution in [2.45, 2.75) is 46.3 Å². The standard InChI is InChI=1S/C11H22N2O4/c1-8(2)13(7-9(14)16-6)12-10(15)17-11(3,4)5/h8H,7H2,1-6H3,(H,12,15). The van der Waals surface area contributed by atoms with Crippen LogP contribution in [0.1, 0.15) is 34.6 Å². The molecule has 100 valence electrons. The summed E-state index contributed by atoms with van der Waals surface area (Å²) in [6.07, 6.45) is -0.588. The summed E-state index contributed by atoms with van der Waals surface area (Å²) < 4.78 is 9.63. The van der Waals surface area contributed by atoms with E-state index in [0.717, 1.165) is 0 Å². The molecule has 0 spiro atoms. The van der Waals surface area contributed by atoms with E-state index in [1.165, 1.54) is 12.1 Å². The van der Waals surface area contributed by atoms with Gasteiger partial charge in [0.05, 0.1) is 7.11 Å². The Hall–Kier alpha value is -1.30. The number of rotatable bonds is 4. The Labute approximate surface area is 102 Å². The Morgan fingerprint density at radius 1 is 1.29 bits per heavy atom. The van der Waals surface area contributed by atoms with Gasteiger partial charge in [-0.3, -0.25) is 10.2 Å². The summed E-state index contributed by atoms with van der Waals surface area (Å²) in [4.78, 5) is 22.7. The minimum atomic E-state index is -0.588. The number of esters is 1. The van der Waals surface area contributed by atoms with Crippen molar-refractivity contribution < 1.29 is 19.1 Å². The maximum Gasteiger partial charge on any atom is 0.422 e. The van der Waals surface area contributed by atoms with Crippen LogP contribution in [0.3, 0.4) is 0 Å². The van der Waals surface area contributed by atoms with Crippen molar-refractivity contribution in [3.8, 4) is 0 Å². The first-order valence-corrected chi connectivity index (χ1v) is 5.49. The summed E-state index contributed by atoms with van der Waals surface area (Å²) in [6, 6.07) is -0.0402. The molecule has 0 aromatic heterocycles. The summed E-state index contributed by atoms with van der Waals surface area (Å²) in [5, 5.41) is 1.46.